The zero-order valence-electron chi connectivity index (χ0n) is 14.2. The summed E-state index contributed by atoms with van der Waals surface area (Å²) in [6.07, 6.45) is 1.16. The standard InChI is InChI=1S/C17H30ClN3/c1-6-20(7-2)10-9-11-21(8-3)17-16(13-18)14(4)12-15(5)19-17/h12H,6-11,13H2,1-5H3. The van der Waals surface area contributed by atoms with E-state index in [4.69, 9.17) is 16.6 Å². The Kier molecular flexibility index (Phi) is 8.05. The number of alkyl halides is 1. The summed E-state index contributed by atoms with van der Waals surface area (Å²) in [6.45, 7) is 16.2. The van der Waals surface area contributed by atoms with Gasteiger partial charge in [-0.1, -0.05) is 13.8 Å². The van der Waals surface area contributed by atoms with E-state index in [1.807, 2.05) is 0 Å². The predicted octanol–water partition coefficient (Wildman–Crippen LogP) is 4.00. The van der Waals surface area contributed by atoms with Crippen LogP contribution in [0.25, 0.3) is 0 Å². The van der Waals surface area contributed by atoms with Crippen LogP contribution in [0.4, 0.5) is 5.82 Å². The second kappa shape index (κ2) is 9.26. The van der Waals surface area contributed by atoms with Gasteiger partial charge in [0.05, 0.1) is 5.88 Å². The summed E-state index contributed by atoms with van der Waals surface area (Å²) in [7, 11) is 0. The molecule has 0 atom stereocenters. The van der Waals surface area contributed by atoms with Crippen LogP contribution in [0.2, 0.25) is 0 Å². The third kappa shape index (κ3) is 5.15. The molecule has 0 amide bonds. The lowest BCUT2D eigenvalue weighted by Gasteiger charge is -2.27. The summed E-state index contributed by atoms with van der Waals surface area (Å²) in [5.74, 6) is 1.60. The van der Waals surface area contributed by atoms with E-state index >= 15 is 0 Å². The zero-order valence-corrected chi connectivity index (χ0v) is 15.0. The molecule has 0 bridgehead atoms. The number of aromatic nitrogens is 1. The molecule has 0 fully saturated rings. The largest absolute Gasteiger partial charge is 0.357 e. The maximum Gasteiger partial charge on any atom is 0.133 e. The van der Waals surface area contributed by atoms with Crippen LogP contribution in [0.5, 0.6) is 0 Å². The Bertz CT molecular complexity index is 430. The van der Waals surface area contributed by atoms with Crippen molar-refractivity contribution in [1.82, 2.24) is 9.88 Å². The van der Waals surface area contributed by atoms with Gasteiger partial charge in [-0.3, -0.25) is 0 Å². The molecule has 1 rings (SSSR count). The van der Waals surface area contributed by atoms with Gasteiger partial charge in [0, 0.05) is 24.3 Å². The van der Waals surface area contributed by atoms with Gasteiger partial charge in [-0.2, -0.15) is 0 Å². The summed E-state index contributed by atoms with van der Waals surface area (Å²) < 4.78 is 0. The Balaban J connectivity index is 2.80. The van der Waals surface area contributed by atoms with E-state index in [-0.39, 0.29) is 0 Å². The molecular weight excluding hydrogens is 282 g/mol. The van der Waals surface area contributed by atoms with Crippen molar-refractivity contribution < 1.29 is 0 Å². The first kappa shape index (κ1) is 18.2. The lowest BCUT2D eigenvalue weighted by atomic mass is 10.1. The fourth-order valence-corrected chi connectivity index (χ4v) is 3.04. The molecule has 0 aromatic carbocycles. The monoisotopic (exact) mass is 311 g/mol. The lowest BCUT2D eigenvalue weighted by Crippen LogP contribution is -2.31. The normalized spacial score (nSPS) is 11.2. The molecule has 1 aromatic heterocycles. The van der Waals surface area contributed by atoms with Gasteiger partial charge in [0.25, 0.3) is 0 Å². The van der Waals surface area contributed by atoms with E-state index in [1.54, 1.807) is 0 Å². The number of nitrogens with zero attached hydrogens (tertiary/aromatic N) is 3. The Labute approximate surface area is 135 Å². The Hall–Kier alpha value is -0.800. The fourth-order valence-electron chi connectivity index (χ4n) is 2.71. The molecule has 0 aliphatic heterocycles. The number of pyridine rings is 1. The quantitative estimate of drug-likeness (QED) is 0.643. The molecule has 0 N–H and O–H groups in total. The van der Waals surface area contributed by atoms with Crippen molar-refractivity contribution in [1.29, 1.82) is 0 Å². The third-order valence-corrected chi connectivity index (χ3v) is 4.33. The minimum absolute atomic E-state index is 0.529. The molecule has 1 aromatic rings. The van der Waals surface area contributed by atoms with Crippen molar-refractivity contribution in [3.05, 3.63) is 22.9 Å². The maximum absolute atomic E-state index is 6.15. The molecule has 21 heavy (non-hydrogen) atoms. The van der Waals surface area contributed by atoms with Gasteiger partial charge >= 0.3 is 0 Å². The summed E-state index contributed by atoms with van der Waals surface area (Å²) in [6, 6.07) is 2.12. The van der Waals surface area contributed by atoms with Crippen molar-refractivity contribution in [3.8, 4) is 0 Å². The molecule has 0 saturated heterocycles. The van der Waals surface area contributed by atoms with Crippen molar-refractivity contribution in [2.45, 2.75) is 46.9 Å². The molecule has 0 unspecified atom stereocenters. The molecule has 1 heterocycles. The molecule has 120 valence electrons. The third-order valence-electron chi connectivity index (χ3n) is 4.07. The average Bonchev–Trinajstić information content (AvgIpc) is 2.47. The van der Waals surface area contributed by atoms with Crippen LogP contribution in [0, 0.1) is 13.8 Å². The highest BCUT2D eigenvalue weighted by atomic mass is 35.5. The van der Waals surface area contributed by atoms with Crippen molar-refractivity contribution in [2.75, 3.05) is 37.6 Å². The molecule has 0 aliphatic rings. The SMILES string of the molecule is CCN(CC)CCCN(CC)c1nc(C)cc(C)c1CCl. The number of hydrogen-bond donors (Lipinski definition) is 0. The van der Waals surface area contributed by atoms with E-state index < -0.39 is 0 Å². The van der Waals surface area contributed by atoms with E-state index in [2.05, 4.69) is 50.5 Å². The molecule has 0 aliphatic carbocycles. The van der Waals surface area contributed by atoms with Crippen molar-refractivity contribution in [2.24, 2.45) is 0 Å². The van der Waals surface area contributed by atoms with Gasteiger partial charge in [-0.05, 0) is 58.5 Å². The highest BCUT2D eigenvalue weighted by Crippen LogP contribution is 2.24. The van der Waals surface area contributed by atoms with Gasteiger partial charge in [-0.25, -0.2) is 4.98 Å². The fraction of sp³-hybridized carbons (Fsp3) is 0.706. The van der Waals surface area contributed by atoms with Crippen LogP contribution in [0.3, 0.4) is 0 Å². The summed E-state index contributed by atoms with van der Waals surface area (Å²) in [5.41, 5.74) is 3.49. The van der Waals surface area contributed by atoms with Crippen LogP contribution >= 0.6 is 11.6 Å². The van der Waals surface area contributed by atoms with Gasteiger partial charge in [0.15, 0.2) is 0 Å². The first-order chi connectivity index (χ1) is 10.1. The summed E-state index contributed by atoms with van der Waals surface area (Å²) in [4.78, 5) is 9.57. The smallest absolute Gasteiger partial charge is 0.133 e. The summed E-state index contributed by atoms with van der Waals surface area (Å²) >= 11 is 6.15. The van der Waals surface area contributed by atoms with Crippen LogP contribution in [0.15, 0.2) is 6.07 Å². The maximum atomic E-state index is 6.15. The Morgan fingerprint density at radius 2 is 1.71 bits per heavy atom. The molecule has 0 spiro atoms. The first-order valence-electron chi connectivity index (χ1n) is 8.07. The van der Waals surface area contributed by atoms with Crippen LogP contribution in [-0.2, 0) is 5.88 Å². The Morgan fingerprint density at radius 3 is 2.24 bits per heavy atom. The van der Waals surface area contributed by atoms with E-state index in [1.165, 1.54) is 11.1 Å². The highest BCUT2D eigenvalue weighted by Gasteiger charge is 2.14. The van der Waals surface area contributed by atoms with Gasteiger partial charge in [-0.15, -0.1) is 11.6 Å². The van der Waals surface area contributed by atoms with Crippen molar-refractivity contribution in [3.63, 3.8) is 0 Å². The minimum atomic E-state index is 0.529. The van der Waals surface area contributed by atoms with Crippen LogP contribution in [0.1, 0.15) is 44.0 Å². The predicted molar refractivity (Wildman–Crippen MR) is 93.6 cm³/mol. The lowest BCUT2D eigenvalue weighted by molar-refractivity contribution is 0.300. The highest BCUT2D eigenvalue weighted by molar-refractivity contribution is 6.17. The van der Waals surface area contributed by atoms with Crippen molar-refractivity contribution >= 4 is 17.4 Å². The Morgan fingerprint density at radius 1 is 1.05 bits per heavy atom. The molecule has 4 heteroatoms. The number of anilines is 1. The molecular formula is C17H30ClN3. The minimum Gasteiger partial charge on any atom is -0.357 e. The number of hydrogen-bond acceptors (Lipinski definition) is 3. The second-order valence-electron chi connectivity index (χ2n) is 5.48. The van der Waals surface area contributed by atoms with Crippen LogP contribution < -0.4 is 4.90 Å². The second-order valence-corrected chi connectivity index (χ2v) is 5.74. The number of rotatable bonds is 9. The zero-order chi connectivity index (χ0) is 15.8. The topological polar surface area (TPSA) is 19.4 Å². The van der Waals surface area contributed by atoms with Crippen LogP contribution in [-0.4, -0.2) is 42.6 Å². The van der Waals surface area contributed by atoms with E-state index in [0.29, 0.717) is 5.88 Å². The first-order valence-corrected chi connectivity index (χ1v) is 8.61. The van der Waals surface area contributed by atoms with E-state index in [0.717, 1.165) is 50.7 Å². The average molecular weight is 312 g/mol. The van der Waals surface area contributed by atoms with Gasteiger partial charge in [0.2, 0.25) is 0 Å². The summed E-state index contributed by atoms with van der Waals surface area (Å²) in [5, 5.41) is 0. The molecule has 0 radical (unpaired) electrons. The molecule has 0 saturated carbocycles. The number of halogens is 1. The van der Waals surface area contributed by atoms with E-state index in [9.17, 15) is 0 Å². The van der Waals surface area contributed by atoms with Gasteiger partial charge < -0.3 is 9.80 Å². The molecule has 3 nitrogen and oxygen atoms in total. The number of aryl methyl sites for hydroxylation is 2. The van der Waals surface area contributed by atoms with Gasteiger partial charge in [0.1, 0.15) is 5.82 Å².